The first-order valence-corrected chi connectivity index (χ1v) is 7.58. The molecule has 0 saturated heterocycles. The minimum Gasteiger partial charge on any atom is -0.318 e. The van der Waals surface area contributed by atoms with Crippen LogP contribution in [0.5, 0.6) is 0 Å². The molecule has 2 heterocycles. The van der Waals surface area contributed by atoms with Gasteiger partial charge >= 0.3 is 0 Å². The van der Waals surface area contributed by atoms with Crippen molar-refractivity contribution in [1.82, 2.24) is 19.6 Å². The molecule has 1 amide bonds. The number of hydrogen-bond acceptors (Lipinski definition) is 4. The summed E-state index contributed by atoms with van der Waals surface area (Å²) in [6.45, 7) is 3.74. The Labute approximate surface area is 139 Å². The minimum absolute atomic E-state index is 0.0418. The van der Waals surface area contributed by atoms with Gasteiger partial charge in [0, 0.05) is 15.9 Å². The van der Waals surface area contributed by atoms with Crippen molar-refractivity contribution in [2.75, 3.05) is 5.32 Å². The lowest BCUT2D eigenvalue weighted by atomic mass is 10.3. The predicted octanol–water partition coefficient (Wildman–Crippen LogP) is 3.41. The highest BCUT2D eigenvalue weighted by atomic mass is 79.9. The van der Waals surface area contributed by atoms with Crippen molar-refractivity contribution in [3.8, 4) is 0 Å². The van der Waals surface area contributed by atoms with E-state index in [4.69, 9.17) is 11.6 Å². The zero-order valence-electron chi connectivity index (χ0n) is 11.8. The first-order valence-electron chi connectivity index (χ1n) is 6.41. The molecule has 3 rings (SSSR count). The quantitative estimate of drug-likeness (QED) is 0.739. The number of fused-ring (bicyclic) bond motifs is 1. The van der Waals surface area contributed by atoms with Gasteiger partial charge in [0.2, 0.25) is 5.82 Å². The van der Waals surface area contributed by atoms with Gasteiger partial charge in [-0.15, -0.1) is 5.10 Å². The molecule has 0 unspecified atom stereocenters. The van der Waals surface area contributed by atoms with Gasteiger partial charge in [-0.2, -0.15) is 4.98 Å². The van der Waals surface area contributed by atoms with Crippen molar-refractivity contribution in [2.24, 2.45) is 0 Å². The van der Waals surface area contributed by atoms with Gasteiger partial charge in [-0.3, -0.25) is 4.79 Å². The summed E-state index contributed by atoms with van der Waals surface area (Å²) in [5.41, 5.74) is 2.17. The lowest BCUT2D eigenvalue weighted by Crippen LogP contribution is -2.14. The maximum absolute atomic E-state index is 12.3. The number of hydrogen-bond donors (Lipinski definition) is 1. The van der Waals surface area contributed by atoms with Gasteiger partial charge in [-0.1, -0.05) is 27.5 Å². The molecule has 8 heteroatoms. The molecule has 0 saturated carbocycles. The molecule has 0 fully saturated rings. The van der Waals surface area contributed by atoms with Crippen LogP contribution in [0.25, 0.3) is 5.78 Å². The highest BCUT2D eigenvalue weighted by Gasteiger charge is 2.16. The van der Waals surface area contributed by atoms with E-state index in [2.05, 4.69) is 36.3 Å². The van der Waals surface area contributed by atoms with Gasteiger partial charge in [0.1, 0.15) is 0 Å². The van der Waals surface area contributed by atoms with Crippen molar-refractivity contribution in [3.63, 3.8) is 0 Å². The summed E-state index contributed by atoms with van der Waals surface area (Å²) in [4.78, 5) is 20.7. The molecule has 1 aromatic carbocycles. The van der Waals surface area contributed by atoms with Crippen LogP contribution in [0.2, 0.25) is 5.02 Å². The van der Waals surface area contributed by atoms with E-state index in [0.29, 0.717) is 16.5 Å². The van der Waals surface area contributed by atoms with Gasteiger partial charge in [0.15, 0.2) is 0 Å². The maximum Gasteiger partial charge on any atom is 0.295 e. The summed E-state index contributed by atoms with van der Waals surface area (Å²) >= 11 is 9.39. The van der Waals surface area contributed by atoms with Crippen molar-refractivity contribution < 1.29 is 4.79 Å². The van der Waals surface area contributed by atoms with Crippen LogP contribution in [0.15, 0.2) is 28.7 Å². The summed E-state index contributed by atoms with van der Waals surface area (Å²) in [7, 11) is 0. The highest BCUT2D eigenvalue weighted by molar-refractivity contribution is 9.10. The number of nitrogens with zero attached hydrogens (tertiary/aromatic N) is 4. The molecular weight excluding hydrogens is 370 g/mol. The normalized spacial score (nSPS) is 10.9. The zero-order chi connectivity index (χ0) is 15.9. The number of aromatic nitrogens is 4. The Hall–Kier alpha value is -1.99. The third-order valence-corrected chi connectivity index (χ3v) is 3.81. The molecule has 22 heavy (non-hydrogen) atoms. The predicted molar refractivity (Wildman–Crippen MR) is 87.4 cm³/mol. The third kappa shape index (κ3) is 2.82. The number of carbonyl (C=O) groups excluding carboxylic acids is 1. The van der Waals surface area contributed by atoms with E-state index < -0.39 is 5.91 Å². The number of carbonyl (C=O) groups is 1. The molecule has 0 radical (unpaired) electrons. The Morgan fingerprint density at radius 3 is 2.77 bits per heavy atom. The largest absolute Gasteiger partial charge is 0.318 e. The van der Waals surface area contributed by atoms with Gasteiger partial charge in [-0.05, 0) is 38.1 Å². The molecular formula is C14H11BrClN5O. The van der Waals surface area contributed by atoms with Crippen molar-refractivity contribution in [3.05, 3.63) is 51.0 Å². The molecule has 0 aliphatic heterocycles. The first kappa shape index (κ1) is 14.9. The van der Waals surface area contributed by atoms with Crippen LogP contribution < -0.4 is 5.32 Å². The molecule has 0 atom stereocenters. The Morgan fingerprint density at radius 1 is 1.27 bits per heavy atom. The lowest BCUT2D eigenvalue weighted by Gasteiger charge is -2.05. The second-order valence-corrected chi connectivity index (χ2v) is 6.09. The number of amides is 1. The summed E-state index contributed by atoms with van der Waals surface area (Å²) in [5.74, 6) is -0.00323. The highest BCUT2D eigenvalue weighted by Crippen LogP contribution is 2.25. The number of halogens is 2. The van der Waals surface area contributed by atoms with E-state index in [1.807, 2.05) is 19.9 Å². The van der Waals surface area contributed by atoms with Crippen LogP contribution in [0.4, 0.5) is 5.69 Å². The smallest absolute Gasteiger partial charge is 0.295 e. The van der Waals surface area contributed by atoms with Crippen LogP contribution in [0, 0.1) is 13.8 Å². The molecule has 2 aromatic heterocycles. The van der Waals surface area contributed by atoms with Gasteiger partial charge in [-0.25, -0.2) is 9.50 Å². The monoisotopic (exact) mass is 379 g/mol. The SMILES string of the molecule is Cc1cc(C)n2nc(C(=O)Nc3ccc(Br)cc3Cl)nc2n1. The number of benzene rings is 1. The Morgan fingerprint density at radius 2 is 2.05 bits per heavy atom. The Balaban J connectivity index is 1.93. The van der Waals surface area contributed by atoms with E-state index in [0.717, 1.165) is 15.9 Å². The fraction of sp³-hybridized carbons (Fsp3) is 0.143. The van der Waals surface area contributed by atoms with E-state index in [-0.39, 0.29) is 5.82 Å². The Bertz CT molecular complexity index is 892. The van der Waals surface area contributed by atoms with Crippen LogP contribution in [-0.4, -0.2) is 25.5 Å². The lowest BCUT2D eigenvalue weighted by molar-refractivity contribution is 0.101. The topological polar surface area (TPSA) is 72.2 Å². The average Bonchev–Trinajstić information content (AvgIpc) is 2.86. The second-order valence-electron chi connectivity index (χ2n) is 4.76. The van der Waals surface area contributed by atoms with E-state index in [9.17, 15) is 4.79 Å². The summed E-state index contributed by atoms with van der Waals surface area (Å²) in [5, 5.41) is 7.29. The summed E-state index contributed by atoms with van der Waals surface area (Å²) in [6.07, 6.45) is 0. The van der Waals surface area contributed by atoms with Gasteiger partial charge in [0.05, 0.1) is 10.7 Å². The number of nitrogens with one attached hydrogen (secondary N) is 1. The average molecular weight is 381 g/mol. The van der Waals surface area contributed by atoms with Crippen molar-refractivity contribution in [2.45, 2.75) is 13.8 Å². The van der Waals surface area contributed by atoms with E-state index >= 15 is 0 Å². The molecule has 6 nitrogen and oxygen atoms in total. The molecule has 0 bridgehead atoms. The number of aryl methyl sites for hydroxylation is 2. The van der Waals surface area contributed by atoms with Gasteiger partial charge in [0.25, 0.3) is 11.7 Å². The van der Waals surface area contributed by atoms with Gasteiger partial charge < -0.3 is 5.32 Å². The molecule has 112 valence electrons. The van der Waals surface area contributed by atoms with E-state index in [1.165, 1.54) is 4.52 Å². The fourth-order valence-electron chi connectivity index (χ4n) is 2.03. The zero-order valence-corrected chi connectivity index (χ0v) is 14.1. The minimum atomic E-state index is -0.438. The summed E-state index contributed by atoms with van der Waals surface area (Å²) in [6, 6.07) is 7.06. The van der Waals surface area contributed by atoms with Crippen LogP contribution >= 0.6 is 27.5 Å². The number of anilines is 1. The Kier molecular flexibility index (Phi) is 3.84. The summed E-state index contributed by atoms with van der Waals surface area (Å²) < 4.78 is 2.36. The fourth-order valence-corrected chi connectivity index (χ4v) is 2.75. The molecule has 0 spiro atoms. The molecule has 1 N–H and O–H groups in total. The first-order chi connectivity index (χ1) is 10.4. The van der Waals surface area contributed by atoms with Crippen molar-refractivity contribution in [1.29, 1.82) is 0 Å². The molecule has 0 aliphatic carbocycles. The third-order valence-electron chi connectivity index (χ3n) is 3.00. The standard InChI is InChI=1S/C14H11BrClN5O/c1-7-5-8(2)21-14(17-7)19-12(20-21)13(22)18-11-4-3-9(15)6-10(11)16/h3-6H,1-2H3,(H,18,22). The maximum atomic E-state index is 12.3. The van der Waals surface area contributed by atoms with Crippen LogP contribution in [0.3, 0.4) is 0 Å². The second kappa shape index (κ2) is 5.66. The van der Waals surface area contributed by atoms with E-state index in [1.54, 1.807) is 18.2 Å². The van der Waals surface area contributed by atoms with Crippen LogP contribution in [-0.2, 0) is 0 Å². The number of rotatable bonds is 2. The van der Waals surface area contributed by atoms with Crippen molar-refractivity contribution >= 4 is 44.9 Å². The molecule has 0 aliphatic rings. The van der Waals surface area contributed by atoms with Crippen LogP contribution in [0.1, 0.15) is 22.0 Å². The molecule has 3 aromatic rings.